The summed E-state index contributed by atoms with van der Waals surface area (Å²) in [5.74, 6) is 1.36. The molecule has 4 aromatic heterocycles. The number of nitrogens with zero attached hydrogens (tertiary/aromatic N) is 12. The molecule has 2 aliphatic rings. The number of methoxy groups -OCH3 is 1. The summed E-state index contributed by atoms with van der Waals surface area (Å²) in [6, 6.07) is 16.4. The largest absolute Gasteiger partial charge is 0.387 e. The summed E-state index contributed by atoms with van der Waals surface area (Å²) in [4.78, 5) is 37.1. The van der Waals surface area contributed by atoms with Gasteiger partial charge < -0.3 is 16.2 Å². The fourth-order valence-electron chi connectivity index (χ4n) is 8.06. The first-order chi connectivity index (χ1) is 29.1. The van der Waals surface area contributed by atoms with Gasteiger partial charge in [-0.1, -0.05) is 48.9 Å². The Kier molecular flexibility index (Phi) is 11.7. The average molecular weight is 823 g/mol. The van der Waals surface area contributed by atoms with E-state index >= 15 is 0 Å². The van der Waals surface area contributed by atoms with Gasteiger partial charge in [-0.3, -0.25) is 19.3 Å². The summed E-state index contributed by atoms with van der Waals surface area (Å²) in [5, 5.41) is 10.8. The highest BCUT2D eigenvalue weighted by Crippen LogP contribution is 2.48. The Morgan fingerprint density at radius 3 is 2.03 bits per heavy atom. The minimum absolute atomic E-state index is 0.123. The number of ether oxygens (including phenoxy) is 1. The lowest BCUT2D eigenvalue weighted by molar-refractivity contribution is 0.208. The Morgan fingerprint density at radius 2 is 1.40 bits per heavy atom. The molecule has 0 amide bonds. The molecule has 2 aliphatic carbocycles. The number of rotatable bonds is 13. The number of benzene rings is 2. The van der Waals surface area contributed by atoms with Crippen molar-refractivity contribution in [2.75, 3.05) is 26.8 Å². The zero-order valence-electron chi connectivity index (χ0n) is 34.3. The molecule has 2 atom stereocenters. The van der Waals surface area contributed by atoms with Gasteiger partial charge in [0, 0.05) is 116 Å². The summed E-state index contributed by atoms with van der Waals surface area (Å²) in [5.41, 5.74) is 24.8. The smallest absolute Gasteiger partial charge is 0.251 e. The second-order valence-electron chi connectivity index (χ2n) is 14.9. The van der Waals surface area contributed by atoms with Crippen LogP contribution in [0.2, 0.25) is 5.02 Å². The van der Waals surface area contributed by atoms with Gasteiger partial charge in [0.15, 0.2) is 0 Å². The fraction of sp³-hybridized carbons (Fsp3) is 0.318. The van der Waals surface area contributed by atoms with E-state index in [0.717, 1.165) is 79.5 Å². The van der Waals surface area contributed by atoms with Crippen molar-refractivity contribution < 1.29 is 4.74 Å². The van der Waals surface area contributed by atoms with Gasteiger partial charge >= 0.3 is 0 Å². The number of nitrogens with two attached hydrogens (primary N) is 2. The Bertz CT molecular complexity index is 2690. The summed E-state index contributed by atoms with van der Waals surface area (Å²) in [6.45, 7) is 5.91. The van der Waals surface area contributed by atoms with Crippen molar-refractivity contribution in [3.63, 3.8) is 0 Å². The van der Waals surface area contributed by atoms with Crippen LogP contribution in [0.15, 0.2) is 80.9 Å². The molecule has 15 nitrogen and oxygen atoms in total. The maximum Gasteiger partial charge on any atom is 0.251 e. The lowest BCUT2D eigenvalue weighted by atomic mass is 9.79. The monoisotopic (exact) mass is 822 g/mol. The minimum atomic E-state index is -0.123. The molecule has 60 heavy (non-hydrogen) atoms. The molecule has 8 rings (SSSR count). The molecule has 306 valence electrons. The highest BCUT2D eigenvalue weighted by atomic mass is 35.5. The maximum absolute atomic E-state index is 6.51. The van der Waals surface area contributed by atoms with Crippen LogP contribution in [0.4, 0.5) is 11.9 Å². The minimum Gasteiger partial charge on any atom is -0.387 e. The summed E-state index contributed by atoms with van der Waals surface area (Å²) in [6.07, 6.45) is 9.40. The molecule has 0 saturated heterocycles. The molecule has 0 fully saturated rings. The summed E-state index contributed by atoms with van der Waals surface area (Å²) < 4.78 is 8.92. The van der Waals surface area contributed by atoms with Crippen LogP contribution in [0.3, 0.4) is 0 Å². The van der Waals surface area contributed by atoms with Crippen LogP contribution in [-0.2, 0) is 31.7 Å². The van der Waals surface area contributed by atoms with Gasteiger partial charge in [0.2, 0.25) is 0 Å². The van der Waals surface area contributed by atoms with Crippen molar-refractivity contribution in [1.82, 2.24) is 39.5 Å². The molecule has 2 unspecified atom stereocenters. The van der Waals surface area contributed by atoms with E-state index in [1.54, 1.807) is 19.5 Å². The SMILES string of the molecule is CCN=CCC(N)=Nc1ncc2c(n1)-c1c(nn(C)c1-c1cccc(Cl)c1)CC2c1cccc(-c2c3c(nn2C)CC(C)c2cnc(N=C(N)CC=NCCOC)nc2-3)c1. The van der Waals surface area contributed by atoms with Gasteiger partial charge in [0.25, 0.3) is 11.9 Å². The van der Waals surface area contributed by atoms with Crippen molar-refractivity contribution in [3.05, 3.63) is 94.0 Å². The van der Waals surface area contributed by atoms with Gasteiger partial charge in [-0.2, -0.15) is 20.2 Å². The van der Waals surface area contributed by atoms with Gasteiger partial charge in [-0.05, 0) is 43.0 Å². The van der Waals surface area contributed by atoms with Crippen molar-refractivity contribution in [3.8, 4) is 45.0 Å². The second kappa shape index (κ2) is 17.4. The van der Waals surface area contributed by atoms with Crippen LogP contribution in [0, 0.1) is 0 Å². The van der Waals surface area contributed by atoms with Gasteiger partial charge in [-0.25, -0.2) is 19.9 Å². The molecule has 0 radical (unpaired) electrons. The molecule has 0 saturated carbocycles. The highest BCUT2D eigenvalue weighted by Gasteiger charge is 2.35. The highest BCUT2D eigenvalue weighted by molar-refractivity contribution is 6.30. The zero-order chi connectivity index (χ0) is 41.9. The van der Waals surface area contributed by atoms with E-state index in [9.17, 15) is 0 Å². The van der Waals surface area contributed by atoms with Crippen molar-refractivity contribution in [2.45, 2.75) is 51.4 Å². The number of hydrogen-bond donors (Lipinski definition) is 2. The first-order valence-electron chi connectivity index (χ1n) is 20.0. The number of aliphatic imine (C=N–C) groups is 4. The van der Waals surface area contributed by atoms with Gasteiger partial charge in [-0.15, -0.1) is 0 Å². The van der Waals surface area contributed by atoms with E-state index in [1.165, 1.54) is 0 Å². The fourth-order valence-corrected chi connectivity index (χ4v) is 8.25. The number of amidine groups is 2. The molecule has 0 aliphatic heterocycles. The molecule has 0 spiro atoms. The third kappa shape index (κ3) is 8.10. The zero-order valence-corrected chi connectivity index (χ0v) is 35.1. The van der Waals surface area contributed by atoms with E-state index in [-0.39, 0.29) is 17.8 Å². The van der Waals surface area contributed by atoms with E-state index in [1.807, 2.05) is 67.0 Å². The van der Waals surface area contributed by atoms with Gasteiger partial charge in [0.1, 0.15) is 11.7 Å². The first-order valence-corrected chi connectivity index (χ1v) is 20.3. The number of hydrogen-bond acceptors (Lipinski definition) is 11. The maximum atomic E-state index is 6.51. The molecule has 4 N–H and O–H groups in total. The molecular weight excluding hydrogens is 776 g/mol. The number of halogens is 1. The lowest BCUT2D eigenvalue weighted by Gasteiger charge is -2.26. The normalized spacial score (nSPS) is 16.3. The molecule has 2 aromatic carbocycles. The quantitative estimate of drug-likeness (QED) is 0.0702. The first kappa shape index (κ1) is 40.3. The number of aromatic nitrogens is 8. The van der Waals surface area contributed by atoms with Crippen LogP contribution >= 0.6 is 11.6 Å². The van der Waals surface area contributed by atoms with Crippen LogP contribution in [0.1, 0.15) is 66.6 Å². The number of aryl methyl sites for hydroxylation is 2. The topological polar surface area (TPSA) is 198 Å². The summed E-state index contributed by atoms with van der Waals surface area (Å²) >= 11 is 6.51. The van der Waals surface area contributed by atoms with E-state index < -0.39 is 0 Å². The average Bonchev–Trinajstić information content (AvgIpc) is 3.75. The van der Waals surface area contributed by atoms with Crippen LogP contribution < -0.4 is 11.5 Å². The molecule has 4 heterocycles. The Labute approximate surface area is 353 Å². The molecule has 16 heteroatoms. The van der Waals surface area contributed by atoms with Crippen LogP contribution in [0.25, 0.3) is 45.0 Å². The van der Waals surface area contributed by atoms with E-state index in [4.69, 9.17) is 53.0 Å². The third-order valence-corrected chi connectivity index (χ3v) is 11.0. The Morgan fingerprint density at radius 1 is 0.817 bits per heavy atom. The van der Waals surface area contributed by atoms with Gasteiger partial charge in [0.05, 0.1) is 47.3 Å². The predicted octanol–water partition coefficient (Wildman–Crippen LogP) is 6.97. The summed E-state index contributed by atoms with van der Waals surface area (Å²) in [7, 11) is 5.58. The van der Waals surface area contributed by atoms with Crippen molar-refractivity contribution in [1.29, 1.82) is 0 Å². The third-order valence-electron chi connectivity index (χ3n) is 10.7. The second-order valence-corrected chi connectivity index (χ2v) is 15.3. The standard InChI is InChI=1S/C44H47ClN14O/c1-6-48-15-13-35(46)52-44-51-24-32-30(22-34-38(40(32)55-44)42(59(4)57-34)28-11-8-12-29(45)21-28)26-9-7-10-27(20-26)41-37-33(56-58(41)3)19-25(2)31-23-50-43(54-39(31)37)53-36(47)14-16-49-17-18-60-5/h7-12,15-16,20-21,23-25,30H,6,13-14,17-19,22H2,1-5H3,(H2,46,51,52,55)(H2,47,50,53,54). The van der Waals surface area contributed by atoms with E-state index in [0.29, 0.717) is 61.6 Å². The van der Waals surface area contributed by atoms with E-state index in [2.05, 4.69) is 56.1 Å². The molecule has 6 aromatic rings. The van der Waals surface area contributed by atoms with Crippen LogP contribution in [0.5, 0.6) is 0 Å². The Balaban J connectivity index is 1.20. The Hall–Kier alpha value is -6.45. The number of fused-ring (bicyclic) bond motifs is 6. The predicted molar refractivity (Wildman–Crippen MR) is 238 cm³/mol. The molecular formula is C44H47ClN14O. The molecule has 0 bridgehead atoms. The van der Waals surface area contributed by atoms with Crippen LogP contribution in [-0.4, -0.2) is 90.4 Å². The lowest BCUT2D eigenvalue weighted by Crippen LogP contribution is -2.15. The van der Waals surface area contributed by atoms with Crippen molar-refractivity contribution in [2.24, 2.45) is 45.5 Å². The van der Waals surface area contributed by atoms with Crippen molar-refractivity contribution >= 4 is 47.6 Å².